The highest BCUT2D eigenvalue weighted by Crippen LogP contribution is 2.32. The lowest BCUT2D eigenvalue weighted by atomic mass is 10.1. The Kier molecular flexibility index (Phi) is 6.60. The molecule has 3 rings (SSSR count). The van der Waals surface area contributed by atoms with Gasteiger partial charge in [-0.3, -0.25) is 24.1 Å². The Bertz CT molecular complexity index is 1080. The molecule has 4 amide bonds. The molecule has 0 radical (unpaired) electrons. The van der Waals surface area contributed by atoms with Gasteiger partial charge in [0.1, 0.15) is 6.54 Å². The smallest absolute Gasteiger partial charge is 0.294 e. The Morgan fingerprint density at radius 3 is 2.19 bits per heavy atom. The van der Waals surface area contributed by atoms with Crippen LogP contribution in [0.25, 0.3) is 6.08 Å². The normalized spacial score (nSPS) is 14.8. The molecule has 1 heterocycles. The Balaban J connectivity index is 1.69. The van der Waals surface area contributed by atoms with Gasteiger partial charge < -0.3 is 10.6 Å². The van der Waals surface area contributed by atoms with Gasteiger partial charge >= 0.3 is 0 Å². The molecule has 31 heavy (non-hydrogen) atoms. The summed E-state index contributed by atoms with van der Waals surface area (Å²) in [6.45, 7) is 6.84. The van der Waals surface area contributed by atoms with Crippen molar-refractivity contribution in [1.82, 2.24) is 4.90 Å². The largest absolute Gasteiger partial charge is 0.326 e. The summed E-state index contributed by atoms with van der Waals surface area (Å²) in [4.78, 5) is 49.8. The van der Waals surface area contributed by atoms with Crippen LogP contribution in [-0.4, -0.2) is 34.4 Å². The first-order valence-corrected chi connectivity index (χ1v) is 10.5. The minimum Gasteiger partial charge on any atom is -0.326 e. The number of benzene rings is 2. The topological polar surface area (TPSA) is 95.6 Å². The first-order chi connectivity index (χ1) is 14.6. The van der Waals surface area contributed by atoms with Gasteiger partial charge in [-0.05, 0) is 67.4 Å². The summed E-state index contributed by atoms with van der Waals surface area (Å²) in [6, 6.07) is 10.8. The fourth-order valence-electron chi connectivity index (χ4n) is 3.35. The maximum atomic E-state index is 12.7. The molecule has 0 saturated carbocycles. The van der Waals surface area contributed by atoms with Crippen molar-refractivity contribution in [3.8, 4) is 0 Å². The van der Waals surface area contributed by atoms with Crippen molar-refractivity contribution in [1.29, 1.82) is 0 Å². The number of aryl methyl sites for hydroxylation is 3. The molecule has 2 aromatic carbocycles. The van der Waals surface area contributed by atoms with Gasteiger partial charge in [0, 0.05) is 18.3 Å². The van der Waals surface area contributed by atoms with Crippen LogP contribution in [-0.2, 0) is 14.4 Å². The van der Waals surface area contributed by atoms with Crippen LogP contribution < -0.4 is 10.6 Å². The van der Waals surface area contributed by atoms with Crippen LogP contribution in [0.1, 0.15) is 29.2 Å². The van der Waals surface area contributed by atoms with E-state index in [0.717, 1.165) is 33.4 Å². The molecule has 0 bridgehead atoms. The van der Waals surface area contributed by atoms with E-state index in [1.54, 1.807) is 30.3 Å². The number of hydrogen-bond acceptors (Lipinski definition) is 5. The average Bonchev–Trinajstić information content (AvgIpc) is 2.93. The van der Waals surface area contributed by atoms with Crippen molar-refractivity contribution in [3.05, 3.63) is 63.6 Å². The van der Waals surface area contributed by atoms with E-state index in [2.05, 4.69) is 10.6 Å². The van der Waals surface area contributed by atoms with Crippen LogP contribution in [0.4, 0.5) is 16.2 Å². The van der Waals surface area contributed by atoms with E-state index in [-0.39, 0.29) is 17.4 Å². The number of anilines is 2. The molecule has 8 heteroatoms. The third-order valence-corrected chi connectivity index (χ3v) is 5.55. The van der Waals surface area contributed by atoms with Crippen LogP contribution in [0, 0.1) is 20.8 Å². The van der Waals surface area contributed by atoms with Crippen LogP contribution in [0.5, 0.6) is 0 Å². The number of rotatable bonds is 5. The molecule has 0 aliphatic carbocycles. The molecule has 1 aliphatic rings. The molecular formula is C23H23N3O4S. The summed E-state index contributed by atoms with van der Waals surface area (Å²) in [5.41, 5.74) is 4.96. The Hall–Kier alpha value is -3.39. The van der Waals surface area contributed by atoms with E-state index >= 15 is 0 Å². The maximum Gasteiger partial charge on any atom is 0.294 e. The first kappa shape index (κ1) is 22.3. The molecule has 7 nitrogen and oxygen atoms in total. The summed E-state index contributed by atoms with van der Waals surface area (Å²) in [5.74, 6) is -1.12. The standard InChI is InChI=1S/C23H23N3O4S/c1-13-9-14(2)21(15(3)10-13)25-20(28)12-26-22(29)19(31-23(26)30)11-17-5-7-18(8-6-17)24-16(4)27/h5-11H,12H2,1-4H3,(H,24,27)(H,25,28)/b19-11-. The third-order valence-electron chi connectivity index (χ3n) is 4.65. The van der Waals surface area contributed by atoms with E-state index in [4.69, 9.17) is 0 Å². The zero-order valence-electron chi connectivity index (χ0n) is 17.7. The predicted octanol–water partition coefficient (Wildman–Crippen LogP) is 4.25. The van der Waals surface area contributed by atoms with E-state index < -0.39 is 17.1 Å². The van der Waals surface area contributed by atoms with Crippen molar-refractivity contribution in [3.63, 3.8) is 0 Å². The zero-order chi connectivity index (χ0) is 22.7. The second-order valence-electron chi connectivity index (χ2n) is 7.39. The SMILES string of the molecule is CC(=O)Nc1ccc(/C=C2\SC(=O)N(CC(=O)Nc3c(C)cc(C)cc3C)C2=O)cc1. The maximum absolute atomic E-state index is 12.7. The summed E-state index contributed by atoms with van der Waals surface area (Å²) in [6.07, 6.45) is 1.59. The first-order valence-electron chi connectivity index (χ1n) is 9.65. The van der Waals surface area contributed by atoms with Gasteiger partial charge in [0.15, 0.2) is 0 Å². The zero-order valence-corrected chi connectivity index (χ0v) is 18.6. The number of nitrogens with zero attached hydrogens (tertiary/aromatic N) is 1. The molecule has 2 N–H and O–H groups in total. The van der Waals surface area contributed by atoms with Gasteiger partial charge in [0.05, 0.1) is 4.91 Å². The summed E-state index contributed by atoms with van der Waals surface area (Å²) >= 11 is 0.797. The van der Waals surface area contributed by atoms with Crippen LogP contribution in [0.3, 0.4) is 0 Å². The van der Waals surface area contributed by atoms with E-state index in [1.165, 1.54) is 6.92 Å². The van der Waals surface area contributed by atoms with E-state index in [0.29, 0.717) is 16.9 Å². The minimum absolute atomic E-state index is 0.178. The monoisotopic (exact) mass is 437 g/mol. The van der Waals surface area contributed by atoms with Crippen molar-refractivity contribution in [2.45, 2.75) is 27.7 Å². The third kappa shape index (κ3) is 5.40. The molecule has 0 unspecified atom stereocenters. The predicted molar refractivity (Wildman–Crippen MR) is 123 cm³/mol. The van der Waals surface area contributed by atoms with Crippen LogP contribution in [0.15, 0.2) is 41.3 Å². The molecule has 1 saturated heterocycles. The Labute approximate surface area is 184 Å². The number of thioether (sulfide) groups is 1. The second-order valence-corrected chi connectivity index (χ2v) is 8.39. The number of carbonyl (C=O) groups is 4. The van der Waals surface area contributed by atoms with Crippen molar-refractivity contribution >= 4 is 52.2 Å². The van der Waals surface area contributed by atoms with Gasteiger partial charge in [-0.15, -0.1) is 0 Å². The highest BCUT2D eigenvalue weighted by molar-refractivity contribution is 8.18. The quantitative estimate of drug-likeness (QED) is 0.682. The molecule has 160 valence electrons. The van der Waals surface area contributed by atoms with Gasteiger partial charge in [0.25, 0.3) is 11.1 Å². The number of amides is 4. The van der Waals surface area contributed by atoms with Crippen molar-refractivity contribution in [2.24, 2.45) is 0 Å². The molecular weight excluding hydrogens is 414 g/mol. The fraction of sp³-hybridized carbons (Fsp3) is 0.217. The lowest BCUT2D eigenvalue weighted by molar-refractivity contribution is -0.127. The van der Waals surface area contributed by atoms with Gasteiger partial charge in [-0.2, -0.15) is 0 Å². The number of nitrogens with one attached hydrogen (secondary N) is 2. The van der Waals surface area contributed by atoms with Crippen molar-refractivity contribution in [2.75, 3.05) is 17.2 Å². The highest BCUT2D eigenvalue weighted by atomic mass is 32.2. The molecule has 1 aliphatic heterocycles. The van der Waals surface area contributed by atoms with Crippen LogP contribution in [0.2, 0.25) is 0 Å². The van der Waals surface area contributed by atoms with E-state index in [9.17, 15) is 19.2 Å². The summed E-state index contributed by atoms with van der Waals surface area (Å²) in [7, 11) is 0. The minimum atomic E-state index is -0.506. The van der Waals surface area contributed by atoms with Gasteiger partial charge in [0.2, 0.25) is 11.8 Å². The summed E-state index contributed by atoms with van der Waals surface area (Å²) < 4.78 is 0. The lowest BCUT2D eigenvalue weighted by Gasteiger charge is -2.15. The molecule has 0 atom stereocenters. The Morgan fingerprint density at radius 2 is 1.61 bits per heavy atom. The molecule has 0 spiro atoms. The number of carbonyl (C=O) groups excluding carboxylic acids is 4. The fourth-order valence-corrected chi connectivity index (χ4v) is 4.19. The lowest BCUT2D eigenvalue weighted by Crippen LogP contribution is -2.36. The average molecular weight is 438 g/mol. The number of hydrogen-bond donors (Lipinski definition) is 2. The molecule has 2 aromatic rings. The van der Waals surface area contributed by atoms with Gasteiger partial charge in [-0.1, -0.05) is 29.8 Å². The van der Waals surface area contributed by atoms with Crippen molar-refractivity contribution < 1.29 is 19.2 Å². The van der Waals surface area contributed by atoms with E-state index in [1.807, 2.05) is 32.9 Å². The number of imide groups is 1. The summed E-state index contributed by atoms with van der Waals surface area (Å²) in [5, 5.41) is 4.99. The van der Waals surface area contributed by atoms with Crippen LogP contribution >= 0.6 is 11.8 Å². The molecule has 0 aromatic heterocycles. The van der Waals surface area contributed by atoms with Gasteiger partial charge in [-0.25, -0.2) is 0 Å². The highest BCUT2D eigenvalue weighted by Gasteiger charge is 2.36. The Morgan fingerprint density at radius 1 is 1.00 bits per heavy atom. The molecule has 1 fully saturated rings. The second kappa shape index (κ2) is 9.18.